The van der Waals surface area contributed by atoms with Gasteiger partial charge in [-0.25, -0.2) is 13.2 Å². The maximum absolute atomic E-state index is 12.8. The van der Waals surface area contributed by atoms with Crippen LogP contribution in [0.1, 0.15) is 47.2 Å². The zero-order valence-electron chi connectivity index (χ0n) is 14.3. The molecule has 0 bridgehead atoms. The number of aryl methyl sites for hydroxylation is 1. The molecular weight excluding hydrogens is 330 g/mol. The van der Waals surface area contributed by atoms with E-state index in [4.69, 9.17) is 5.11 Å². The van der Waals surface area contributed by atoms with Gasteiger partial charge in [-0.05, 0) is 52.3 Å². The summed E-state index contributed by atoms with van der Waals surface area (Å²) in [7, 11) is -3.88. The molecule has 2 rings (SSSR count). The summed E-state index contributed by atoms with van der Waals surface area (Å²) < 4.78 is 29.7. The predicted octanol–water partition coefficient (Wildman–Crippen LogP) is 2.89. The van der Waals surface area contributed by atoms with Gasteiger partial charge in [0.15, 0.2) is 0 Å². The Hall–Kier alpha value is -2.35. The van der Waals surface area contributed by atoms with E-state index in [0.717, 1.165) is 0 Å². The van der Waals surface area contributed by atoms with Gasteiger partial charge in [-0.1, -0.05) is 6.07 Å². The van der Waals surface area contributed by atoms with Gasteiger partial charge in [0.05, 0.1) is 22.6 Å². The number of carboxylic acid groups (broad SMARTS) is 1. The minimum atomic E-state index is -3.88. The van der Waals surface area contributed by atoms with Crippen LogP contribution in [0.5, 0.6) is 0 Å². The van der Waals surface area contributed by atoms with Crippen LogP contribution in [-0.4, -0.2) is 29.3 Å². The fraction of sp³-hybridized carbons (Fsp3) is 0.375. The molecule has 1 aromatic heterocycles. The molecule has 0 fully saturated rings. The highest BCUT2D eigenvalue weighted by Crippen LogP contribution is 2.27. The van der Waals surface area contributed by atoms with Crippen molar-refractivity contribution in [3.63, 3.8) is 0 Å². The molecule has 0 aliphatic carbocycles. The van der Waals surface area contributed by atoms with E-state index in [1.807, 2.05) is 13.8 Å². The third-order valence-electron chi connectivity index (χ3n) is 3.82. The van der Waals surface area contributed by atoms with Crippen LogP contribution < -0.4 is 4.72 Å². The lowest BCUT2D eigenvalue weighted by molar-refractivity contribution is 0.0696. The number of hydrogen-bond acceptors (Lipinski definition) is 4. The molecule has 0 radical (unpaired) electrons. The van der Waals surface area contributed by atoms with Gasteiger partial charge >= 0.3 is 5.97 Å². The molecule has 0 amide bonds. The molecule has 2 N–H and O–H groups in total. The highest BCUT2D eigenvalue weighted by molar-refractivity contribution is 7.92. The van der Waals surface area contributed by atoms with E-state index in [1.165, 1.54) is 18.2 Å². The Balaban J connectivity index is 2.51. The van der Waals surface area contributed by atoms with E-state index in [9.17, 15) is 13.2 Å². The number of sulfonamides is 1. The summed E-state index contributed by atoms with van der Waals surface area (Å²) in [5, 5.41) is 13.5. The lowest BCUT2D eigenvalue weighted by Gasteiger charge is -2.13. The second-order valence-electron chi connectivity index (χ2n) is 5.93. The molecule has 130 valence electrons. The van der Waals surface area contributed by atoms with Gasteiger partial charge in [-0.3, -0.25) is 9.40 Å². The maximum Gasteiger partial charge on any atom is 0.336 e. The maximum atomic E-state index is 12.8. The summed E-state index contributed by atoms with van der Waals surface area (Å²) in [4.78, 5) is 11.3. The number of carbonyl (C=O) groups is 1. The first-order chi connectivity index (χ1) is 11.1. The van der Waals surface area contributed by atoms with E-state index in [-0.39, 0.29) is 22.2 Å². The number of aromatic carboxylic acids is 1. The number of rotatable bonds is 5. The Kier molecular flexibility index (Phi) is 4.70. The molecule has 0 saturated heterocycles. The lowest BCUT2D eigenvalue weighted by atomic mass is 10.1. The average Bonchev–Trinajstić information content (AvgIpc) is 2.76. The number of anilines is 1. The fourth-order valence-electron chi connectivity index (χ4n) is 2.71. The number of benzene rings is 1. The van der Waals surface area contributed by atoms with Crippen LogP contribution in [-0.2, 0) is 10.0 Å². The molecule has 0 atom stereocenters. The second kappa shape index (κ2) is 6.27. The number of nitrogens with one attached hydrogen (secondary N) is 1. The van der Waals surface area contributed by atoms with Gasteiger partial charge in [0, 0.05) is 6.04 Å². The van der Waals surface area contributed by atoms with Crippen LogP contribution >= 0.6 is 0 Å². The summed E-state index contributed by atoms with van der Waals surface area (Å²) in [6, 6.07) is 4.51. The second-order valence-corrected chi connectivity index (χ2v) is 7.55. The Morgan fingerprint density at radius 1 is 1.25 bits per heavy atom. The molecule has 0 unspecified atom stereocenters. The van der Waals surface area contributed by atoms with Gasteiger partial charge in [-0.15, -0.1) is 0 Å². The van der Waals surface area contributed by atoms with Crippen LogP contribution in [0.4, 0.5) is 5.69 Å². The largest absolute Gasteiger partial charge is 0.478 e. The minimum Gasteiger partial charge on any atom is -0.478 e. The van der Waals surface area contributed by atoms with Gasteiger partial charge in [0.1, 0.15) is 4.90 Å². The van der Waals surface area contributed by atoms with Crippen molar-refractivity contribution in [3.05, 3.63) is 40.7 Å². The molecule has 1 heterocycles. The fourth-order valence-corrected chi connectivity index (χ4v) is 4.24. The zero-order valence-corrected chi connectivity index (χ0v) is 15.1. The van der Waals surface area contributed by atoms with Crippen molar-refractivity contribution in [2.24, 2.45) is 0 Å². The third kappa shape index (κ3) is 3.14. The third-order valence-corrected chi connectivity index (χ3v) is 5.44. The van der Waals surface area contributed by atoms with Gasteiger partial charge in [0.2, 0.25) is 0 Å². The minimum absolute atomic E-state index is 0.0322. The van der Waals surface area contributed by atoms with Crippen molar-refractivity contribution in [2.45, 2.75) is 45.6 Å². The molecule has 8 heteroatoms. The molecule has 0 saturated carbocycles. The molecule has 0 spiro atoms. The number of hydrogen-bond donors (Lipinski definition) is 2. The Morgan fingerprint density at radius 3 is 2.38 bits per heavy atom. The van der Waals surface area contributed by atoms with Gasteiger partial charge < -0.3 is 5.11 Å². The topological polar surface area (TPSA) is 101 Å². The van der Waals surface area contributed by atoms with Gasteiger partial charge in [-0.2, -0.15) is 5.10 Å². The molecule has 0 aliphatic heterocycles. The summed E-state index contributed by atoms with van der Waals surface area (Å²) >= 11 is 0. The molecule has 24 heavy (non-hydrogen) atoms. The predicted molar refractivity (Wildman–Crippen MR) is 91.0 cm³/mol. The monoisotopic (exact) mass is 351 g/mol. The number of carboxylic acids is 1. The molecule has 7 nitrogen and oxygen atoms in total. The lowest BCUT2D eigenvalue weighted by Crippen LogP contribution is -2.17. The van der Waals surface area contributed by atoms with Crippen LogP contribution in [0.3, 0.4) is 0 Å². The van der Waals surface area contributed by atoms with Crippen molar-refractivity contribution in [3.8, 4) is 0 Å². The molecule has 1 aromatic carbocycles. The van der Waals surface area contributed by atoms with Crippen LogP contribution in [0, 0.1) is 20.8 Å². The van der Waals surface area contributed by atoms with E-state index in [0.29, 0.717) is 17.0 Å². The highest BCUT2D eigenvalue weighted by atomic mass is 32.2. The Morgan fingerprint density at radius 2 is 1.88 bits per heavy atom. The standard InChI is InChI=1S/C16H21N3O4S/c1-9(2)19-12(5)15(11(4)17-19)24(22,23)18-14-8-6-7-13(10(14)3)16(20)21/h6-9,18H,1-5H3,(H,20,21). The van der Waals surface area contributed by atoms with Crippen LogP contribution in [0.15, 0.2) is 23.1 Å². The first kappa shape index (κ1) is 18.0. The quantitative estimate of drug-likeness (QED) is 0.862. The zero-order chi connectivity index (χ0) is 18.2. The van der Waals surface area contributed by atoms with E-state index in [1.54, 1.807) is 25.5 Å². The highest BCUT2D eigenvalue weighted by Gasteiger charge is 2.26. The summed E-state index contributed by atoms with van der Waals surface area (Å²) in [5.74, 6) is -1.10. The summed E-state index contributed by atoms with van der Waals surface area (Å²) in [6.45, 7) is 8.75. The van der Waals surface area contributed by atoms with Crippen molar-refractivity contribution < 1.29 is 18.3 Å². The average molecular weight is 351 g/mol. The first-order valence-electron chi connectivity index (χ1n) is 7.47. The number of aromatic nitrogens is 2. The molecule has 2 aromatic rings. The van der Waals surface area contributed by atoms with E-state index >= 15 is 0 Å². The molecule has 0 aliphatic rings. The van der Waals surface area contributed by atoms with E-state index in [2.05, 4.69) is 9.82 Å². The van der Waals surface area contributed by atoms with Crippen molar-refractivity contribution in [1.82, 2.24) is 9.78 Å². The van der Waals surface area contributed by atoms with Crippen LogP contribution in [0.25, 0.3) is 0 Å². The Bertz CT molecular complexity index is 898. The van der Waals surface area contributed by atoms with Crippen molar-refractivity contribution >= 4 is 21.7 Å². The van der Waals surface area contributed by atoms with Crippen molar-refractivity contribution in [2.75, 3.05) is 4.72 Å². The number of nitrogens with zero attached hydrogens (tertiary/aromatic N) is 2. The smallest absolute Gasteiger partial charge is 0.336 e. The normalized spacial score (nSPS) is 11.8. The van der Waals surface area contributed by atoms with E-state index < -0.39 is 16.0 Å². The van der Waals surface area contributed by atoms with Crippen molar-refractivity contribution in [1.29, 1.82) is 0 Å². The van der Waals surface area contributed by atoms with Crippen LogP contribution in [0.2, 0.25) is 0 Å². The SMILES string of the molecule is Cc1nn(C(C)C)c(C)c1S(=O)(=O)Nc1cccc(C(=O)O)c1C. The van der Waals surface area contributed by atoms with Gasteiger partial charge in [0.25, 0.3) is 10.0 Å². The Labute approximate surface area is 141 Å². The summed E-state index contributed by atoms with van der Waals surface area (Å²) in [5.41, 5.74) is 1.61. The molecular formula is C16H21N3O4S. The first-order valence-corrected chi connectivity index (χ1v) is 8.96. The summed E-state index contributed by atoms with van der Waals surface area (Å²) in [6.07, 6.45) is 0.